The molecule has 0 unspecified atom stereocenters. The molecule has 1 aromatic rings. The lowest BCUT2D eigenvalue weighted by atomic mass is 10.2. The monoisotopic (exact) mass is 266 g/mol. The molecular weight excluding hydrogens is 260 g/mol. The molecule has 0 aromatic heterocycles. The molecule has 0 radical (unpaired) electrons. The van der Waals surface area contributed by atoms with Gasteiger partial charge in [-0.15, -0.1) is 4.33 Å². The Morgan fingerprint density at radius 1 is 1.31 bits per heavy atom. The van der Waals surface area contributed by atoms with E-state index in [0.29, 0.717) is 5.56 Å². The quantitative estimate of drug-likeness (QED) is 0.669. The summed E-state index contributed by atoms with van der Waals surface area (Å²) in [5.74, 6) is -0.337. The zero-order chi connectivity index (χ0) is 9.90. The lowest BCUT2D eigenvalue weighted by molar-refractivity contribution is -0.130. The third-order valence-electron chi connectivity index (χ3n) is 1.37. The van der Waals surface area contributed by atoms with Crippen LogP contribution in [-0.2, 0) is 20.2 Å². The summed E-state index contributed by atoms with van der Waals surface area (Å²) in [6.45, 7) is 0. The number of rotatable bonds is 3. The molecular formula is C7H7BrO4S. The van der Waals surface area contributed by atoms with Crippen LogP contribution in [0.1, 0.15) is 5.56 Å². The second kappa shape index (κ2) is 4.19. The molecule has 4 nitrogen and oxygen atoms in total. The summed E-state index contributed by atoms with van der Waals surface area (Å²) in [6, 6.07) is 6.67. The molecule has 0 aliphatic carbocycles. The van der Waals surface area contributed by atoms with Crippen LogP contribution in [0.2, 0.25) is 0 Å². The van der Waals surface area contributed by atoms with Crippen molar-refractivity contribution in [2.75, 3.05) is 0 Å². The molecule has 0 aliphatic heterocycles. The van der Waals surface area contributed by atoms with Gasteiger partial charge in [-0.3, -0.25) is 0 Å². The summed E-state index contributed by atoms with van der Waals surface area (Å²) < 4.78 is 25.7. The molecule has 0 atom stereocenters. The normalized spacial score (nSPS) is 11.5. The van der Waals surface area contributed by atoms with Crippen LogP contribution in [0.3, 0.4) is 0 Å². The molecule has 0 saturated heterocycles. The van der Waals surface area contributed by atoms with Crippen molar-refractivity contribution in [3.63, 3.8) is 0 Å². The molecule has 0 heterocycles. The average Bonchev–Trinajstić information content (AvgIpc) is 2.09. The van der Waals surface area contributed by atoms with E-state index in [0.717, 1.165) is 4.47 Å². The number of hydrogen-bond donors (Lipinski definition) is 1. The van der Waals surface area contributed by atoms with E-state index in [-0.39, 0.29) is 5.75 Å². The highest BCUT2D eigenvalue weighted by Gasteiger charge is 2.11. The average molecular weight is 267 g/mol. The van der Waals surface area contributed by atoms with Gasteiger partial charge in [0.1, 0.15) is 5.75 Å². The van der Waals surface area contributed by atoms with Crippen molar-refractivity contribution in [1.29, 1.82) is 0 Å². The number of benzene rings is 1. The summed E-state index contributed by atoms with van der Waals surface area (Å²) in [4.78, 5) is 0. The highest BCUT2D eigenvalue weighted by atomic mass is 79.9. The Balaban J connectivity index is 2.82. The molecule has 72 valence electrons. The van der Waals surface area contributed by atoms with E-state index in [1.807, 2.05) is 0 Å². The highest BCUT2D eigenvalue weighted by molar-refractivity contribution is 9.10. The van der Waals surface area contributed by atoms with Gasteiger partial charge in [0.05, 0.1) is 0 Å². The van der Waals surface area contributed by atoms with Crippen molar-refractivity contribution in [1.82, 2.24) is 0 Å². The first-order chi connectivity index (χ1) is 6.03. The minimum Gasteiger partial charge on any atom is -0.235 e. The maximum absolute atomic E-state index is 10.8. The Kier molecular flexibility index (Phi) is 3.43. The molecule has 0 amide bonds. The van der Waals surface area contributed by atoms with Crippen molar-refractivity contribution in [2.24, 2.45) is 0 Å². The minimum absolute atomic E-state index is 0.337. The number of halogens is 1. The van der Waals surface area contributed by atoms with E-state index in [9.17, 15) is 8.42 Å². The van der Waals surface area contributed by atoms with Crippen LogP contribution in [0.25, 0.3) is 0 Å². The van der Waals surface area contributed by atoms with Gasteiger partial charge in [0.25, 0.3) is 10.1 Å². The largest absolute Gasteiger partial charge is 0.297 e. The second-order valence-corrected chi connectivity index (χ2v) is 4.87. The molecule has 0 aliphatic rings. The topological polar surface area (TPSA) is 63.6 Å². The van der Waals surface area contributed by atoms with Crippen LogP contribution in [0, 0.1) is 0 Å². The maximum atomic E-state index is 10.8. The maximum Gasteiger partial charge on any atom is 0.297 e. The van der Waals surface area contributed by atoms with Crippen molar-refractivity contribution >= 4 is 26.0 Å². The standard InChI is InChI=1S/C7H7BrO4S/c8-7-3-1-6(2-4-7)5-13(10,11)12-9/h1-4,9H,5H2. The molecule has 1 N–H and O–H groups in total. The van der Waals surface area contributed by atoms with Gasteiger partial charge in [0.15, 0.2) is 0 Å². The first kappa shape index (κ1) is 10.6. The molecule has 1 aromatic carbocycles. The van der Waals surface area contributed by atoms with E-state index in [4.69, 9.17) is 5.26 Å². The Hall–Kier alpha value is -0.430. The van der Waals surface area contributed by atoms with Gasteiger partial charge in [-0.05, 0) is 17.7 Å². The third kappa shape index (κ3) is 3.43. The van der Waals surface area contributed by atoms with Gasteiger partial charge in [-0.25, -0.2) is 5.26 Å². The van der Waals surface area contributed by atoms with Gasteiger partial charge in [-0.1, -0.05) is 28.1 Å². The lowest BCUT2D eigenvalue weighted by Gasteiger charge is -1.99. The first-order valence-electron chi connectivity index (χ1n) is 3.34. The summed E-state index contributed by atoms with van der Waals surface area (Å²) >= 11 is 3.21. The summed E-state index contributed by atoms with van der Waals surface area (Å²) in [7, 11) is -3.85. The van der Waals surface area contributed by atoms with Gasteiger partial charge in [0.2, 0.25) is 0 Å². The second-order valence-electron chi connectivity index (χ2n) is 2.40. The fraction of sp³-hybridized carbons (Fsp3) is 0.143. The SMILES string of the molecule is O=S(=O)(Cc1ccc(Br)cc1)OO. The zero-order valence-corrected chi connectivity index (χ0v) is 8.88. The molecule has 6 heteroatoms. The van der Waals surface area contributed by atoms with E-state index < -0.39 is 10.1 Å². The van der Waals surface area contributed by atoms with E-state index in [1.54, 1.807) is 24.3 Å². The summed E-state index contributed by atoms with van der Waals surface area (Å²) in [5, 5.41) is 8.01. The lowest BCUT2D eigenvalue weighted by Crippen LogP contribution is -2.05. The highest BCUT2D eigenvalue weighted by Crippen LogP contribution is 2.12. The van der Waals surface area contributed by atoms with Crippen molar-refractivity contribution < 1.29 is 18.0 Å². The molecule has 0 fully saturated rings. The van der Waals surface area contributed by atoms with Gasteiger partial charge in [-0.2, -0.15) is 8.42 Å². The van der Waals surface area contributed by atoms with Crippen molar-refractivity contribution in [2.45, 2.75) is 5.75 Å². The van der Waals surface area contributed by atoms with Crippen LogP contribution in [0.4, 0.5) is 0 Å². The summed E-state index contributed by atoms with van der Waals surface area (Å²) in [6.07, 6.45) is 0. The van der Waals surface area contributed by atoms with Crippen LogP contribution < -0.4 is 0 Å². The molecule has 1 rings (SSSR count). The Labute approximate surface area is 84.3 Å². The molecule has 0 bridgehead atoms. The van der Waals surface area contributed by atoms with Crippen LogP contribution >= 0.6 is 15.9 Å². The first-order valence-corrected chi connectivity index (χ1v) is 5.71. The van der Waals surface area contributed by atoms with Crippen LogP contribution in [0.15, 0.2) is 28.7 Å². The Bertz CT molecular complexity index is 370. The fourth-order valence-corrected chi connectivity index (χ4v) is 1.73. The third-order valence-corrected chi connectivity index (χ3v) is 2.81. The van der Waals surface area contributed by atoms with E-state index in [2.05, 4.69) is 20.3 Å². The van der Waals surface area contributed by atoms with Gasteiger partial charge in [0, 0.05) is 4.47 Å². The Morgan fingerprint density at radius 2 is 1.85 bits per heavy atom. The van der Waals surface area contributed by atoms with Gasteiger partial charge >= 0.3 is 0 Å². The minimum atomic E-state index is -3.85. The van der Waals surface area contributed by atoms with Gasteiger partial charge < -0.3 is 0 Å². The van der Waals surface area contributed by atoms with E-state index in [1.165, 1.54) is 0 Å². The molecule has 0 spiro atoms. The van der Waals surface area contributed by atoms with E-state index >= 15 is 0 Å². The van der Waals surface area contributed by atoms with Crippen LogP contribution in [0.5, 0.6) is 0 Å². The predicted molar refractivity (Wildman–Crippen MR) is 50.5 cm³/mol. The smallest absolute Gasteiger partial charge is 0.235 e. The van der Waals surface area contributed by atoms with Crippen molar-refractivity contribution in [3.8, 4) is 0 Å². The molecule has 13 heavy (non-hydrogen) atoms. The van der Waals surface area contributed by atoms with Crippen molar-refractivity contribution in [3.05, 3.63) is 34.3 Å². The van der Waals surface area contributed by atoms with Crippen LogP contribution in [-0.4, -0.2) is 13.7 Å². The fourth-order valence-electron chi connectivity index (χ4n) is 0.811. The summed E-state index contributed by atoms with van der Waals surface area (Å²) in [5.41, 5.74) is 0.553. The predicted octanol–water partition coefficient (Wildman–Crippen LogP) is 1.77. The zero-order valence-electron chi connectivity index (χ0n) is 6.47. The molecule has 0 saturated carbocycles. The Morgan fingerprint density at radius 3 is 2.31 bits per heavy atom. The number of hydrogen-bond acceptors (Lipinski definition) is 4.